The van der Waals surface area contributed by atoms with E-state index in [0.717, 1.165) is 38.0 Å². The summed E-state index contributed by atoms with van der Waals surface area (Å²) < 4.78 is 2.20. The molecule has 0 bridgehead atoms. The molecule has 1 aromatic carbocycles. The fraction of sp³-hybridized carbons (Fsp3) is 0.545. The highest BCUT2D eigenvalue weighted by molar-refractivity contribution is 5.79. The van der Waals surface area contributed by atoms with Crippen molar-refractivity contribution in [2.75, 3.05) is 26.7 Å². The van der Waals surface area contributed by atoms with E-state index >= 15 is 0 Å². The number of nitrogens with one attached hydrogen (secondary N) is 2. The topological polar surface area (TPSA) is 57.5 Å². The van der Waals surface area contributed by atoms with Crippen molar-refractivity contribution in [2.45, 2.75) is 46.8 Å². The largest absolute Gasteiger partial charge is 0.354 e. The quantitative estimate of drug-likeness (QED) is 0.487. The summed E-state index contributed by atoms with van der Waals surface area (Å²) in [5, 5.41) is 6.90. The SMILES string of the molecule is CCN(CC)C(CNC(=NC)NCc1nccn1CC(C)C)c1ccccc1. The Bertz CT molecular complexity index is 703. The Hall–Kier alpha value is -2.34. The zero-order valence-corrected chi connectivity index (χ0v) is 18.0. The van der Waals surface area contributed by atoms with Crippen molar-refractivity contribution < 1.29 is 0 Å². The molecule has 2 aromatic rings. The summed E-state index contributed by atoms with van der Waals surface area (Å²) in [5.41, 5.74) is 1.32. The molecule has 6 heteroatoms. The highest BCUT2D eigenvalue weighted by Crippen LogP contribution is 2.19. The van der Waals surface area contributed by atoms with Gasteiger partial charge in [0, 0.05) is 32.5 Å². The second-order valence-electron chi connectivity index (χ2n) is 7.34. The van der Waals surface area contributed by atoms with E-state index in [1.807, 2.05) is 19.4 Å². The number of aliphatic imine (C=N–C) groups is 1. The Morgan fingerprint density at radius 1 is 1.14 bits per heavy atom. The average Bonchev–Trinajstić information content (AvgIpc) is 3.14. The standard InChI is InChI=1S/C22H36N6/c1-6-27(7-2)20(19-11-9-8-10-12-19)15-25-22(23-5)26-16-21-24-13-14-28(21)17-18(3)4/h8-14,18,20H,6-7,15-17H2,1-5H3,(H2,23,25,26). The number of benzene rings is 1. The molecule has 0 saturated heterocycles. The molecule has 0 saturated carbocycles. The van der Waals surface area contributed by atoms with Crippen molar-refractivity contribution in [1.29, 1.82) is 0 Å². The molecule has 1 atom stereocenters. The van der Waals surface area contributed by atoms with Crippen molar-refractivity contribution in [3.05, 3.63) is 54.1 Å². The Morgan fingerprint density at radius 2 is 1.86 bits per heavy atom. The highest BCUT2D eigenvalue weighted by atomic mass is 15.2. The van der Waals surface area contributed by atoms with Crippen molar-refractivity contribution in [1.82, 2.24) is 25.1 Å². The van der Waals surface area contributed by atoms with Gasteiger partial charge in [-0.15, -0.1) is 0 Å². The first-order valence-corrected chi connectivity index (χ1v) is 10.3. The second kappa shape index (κ2) is 11.5. The van der Waals surface area contributed by atoms with Crippen LogP contribution in [0.5, 0.6) is 0 Å². The van der Waals surface area contributed by atoms with Gasteiger partial charge in [0.25, 0.3) is 0 Å². The molecule has 0 radical (unpaired) electrons. The first-order chi connectivity index (χ1) is 13.6. The summed E-state index contributed by atoms with van der Waals surface area (Å²) in [5.74, 6) is 2.42. The molecule has 0 fully saturated rings. The van der Waals surface area contributed by atoms with Crippen LogP contribution < -0.4 is 10.6 Å². The van der Waals surface area contributed by atoms with Crippen LogP contribution in [0.4, 0.5) is 0 Å². The Morgan fingerprint density at radius 3 is 2.46 bits per heavy atom. The molecule has 28 heavy (non-hydrogen) atoms. The molecule has 1 heterocycles. The van der Waals surface area contributed by atoms with Crippen LogP contribution in [0, 0.1) is 5.92 Å². The third kappa shape index (κ3) is 6.37. The lowest BCUT2D eigenvalue weighted by Crippen LogP contribution is -2.43. The van der Waals surface area contributed by atoms with E-state index in [2.05, 4.69) is 88.1 Å². The minimum atomic E-state index is 0.303. The van der Waals surface area contributed by atoms with Gasteiger partial charge < -0.3 is 15.2 Å². The molecule has 0 aliphatic heterocycles. The molecule has 2 N–H and O–H groups in total. The van der Waals surface area contributed by atoms with Crippen LogP contribution in [0.3, 0.4) is 0 Å². The van der Waals surface area contributed by atoms with E-state index in [1.165, 1.54) is 5.56 Å². The Balaban J connectivity index is 1.98. The monoisotopic (exact) mass is 384 g/mol. The van der Waals surface area contributed by atoms with E-state index in [0.29, 0.717) is 18.5 Å². The van der Waals surface area contributed by atoms with Crippen molar-refractivity contribution in [3.8, 4) is 0 Å². The lowest BCUT2D eigenvalue weighted by molar-refractivity contribution is 0.219. The van der Waals surface area contributed by atoms with Crippen LogP contribution in [0.15, 0.2) is 47.7 Å². The Labute approximate surface area is 170 Å². The van der Waals surface area contributed by atoms with Gasteiger partial charge in [0.15, 0.2) is 5.96 Å². The lowest BCUT2D eigenvalue weighted by Gasteiger charge is -2.30. The van der Waals surface area contributed by atoms with Gasteiger partial charge in [0.2, 0.25) is 0 Å². The molecular weight excluding hydrogens is 348 g/mol. The summed E-state index contributed by atoms with van der Waals surface area (Å²) in [4.78, 5) is 11.3. The summed E-state index contributed by atoms with van der Waals surface area (Å²) in [6, 6.07) is 11.0. The van der Waals surface area contributed by atoms with Crippen LogP contribution in [0.1, 0.15) is 45.1 Å². The molecule has 0 amide bonds. The average molecular weight is 385 g/mol. The fourth-order valence-corrected chi connectivity index (χ4v) is 3.44. The zero-order chi connectivity index (χ0) is 20.4. The fourth-order valence-electron chi connectivity index (χ4n) is 3.44. The minimum absolute atomic E-state index is 0.303. The Kier molecular flexibility index (Phi) is 9.01. The zero-order valence-electron chi connectivity index (χ0n) is 18.0. The first kappa shape index (κ1) is 22.0. The molecule has 0 spiro atoms. The van der Waals surface area contributed by atoms with Gasteiger partial charge in [-0.05, 0) is 24.6 Å². The van der Waals surface area contributed by atoms with Crippen molar-refractivity contribution in [2.24, 2.45) is 10.9 Å². The molecular formula is C22H36N6. The predicted octanol–water partition coefficient (Wildman–Crippen LogP) is 3.29. The number of rotatable bonds is 10. The molecule has 1 unspecified atom stereocenters. The molecule has 154 valence electrons. The van der Waals surface area contributed by atoms with Gasteiger partial charge in [0.05, 0.1) is 12.6 Å². The highest BCUT2D eigenvalue weighted by Gasteiger charge is 2.18. The molecule has 1 aromatic heterocycles. The maximum absolute atomic E-state index is 4.48. The van der Waals surface area contributed by atoms with Crippen LogP contribution in [0.2, 0.25) is 0 Å². The normalized spacial score (nSPS) is 13.2. The van der Waals surface area contributed by atoms with Crippen LogP contribution in [0.25, 0.3) is 0 Å². The molecule has 6 nitrogen and oxygen atoms in total. The van der Waals surface area contributed by atoms with E-state index in [-0.39, 0.29) is 0 Å². The number of nitrogens with zero attached hydrogens (tertiary/aromatic N) is 4. The number of hydrogen-bond donors (Lipinski definition) is 2. The van der Waals surface area contributed by atoms with E-state index in [1.54, 1.807) is 0 Å². The van der Waals surface area contributed by atoms with E-state index in [9.17, 15) is 0 Å². The molecule has 0 aliphatic rings. The summed E-state index contributed by atoms with van der Waals surface area (Å²) in [6.07, 6.45) is 3.90. The number of guanidine groups is 1. The lowest BCUT2D eigenvalue weighted by atomic mass is 10.1. The number of aromatic nitrogens is 2. The van der Waals surface area contributed by atoms with E-state index < -0.39 is 0 Å². The number of likely N-dealkylation sites (N-methyl/N-ethyl adjacent to an activating group) is 1. The van der Waals surface area contributed by atoms with Crippen LogP contribution in [-0.2, 0) is 13.1 Å². The predicted molar refractivity (Wildman–Crippen MR) is 117 cm³/mol. The van der Waals surface area contributed by atoms with Crippen molar-refractivity contribution >= 4 is 5.96 Å². The van der Waals surface area contributed by atoms with Crippen LogP contribution in [-0.4, -0.2) is 47.1 Å². The van der Waals surface area contributed by atoms with Gasteiger partial charge in [-0.3, -0.25) is 9.89 Å². The van der Waals surface area contributed by atoms with Gasteiger partial charge in [-0.25, -0.2) is 4.98 Å². The van der Waals surface area contributed by atoms with Gasteiger partial charge >= 0.3 is 0 Å². The second-order valence-corrected chi connectivity index (χ2v) is 7.34. The smallest absolute Gasteiger partial charge is 0.191 e. The van der Waals surface area contributed by atoms with Crippen molar-refractivity contribution in [3.63, 3.8) is 0 Å². The summed E-state index contributed by atoms with van der Waals surface area (Å²) in [6.45, 7) is 13.3. The molecule has 2 rings (SSSR count). The third-order valence-electron chi connectivity index (χ3n) is 4.90. The van der Waals surface area contributed by atoms with E-state index in [4.69, 9.17) is 0 Å². The van der Waals surface area contributed by atoms with Gasteiger partial charge in [0.1, 0.15) is 5.82 Å². The van der Waals surface area contributed by atoms with Gasteiger partial charge in [-0.2, -0.15) is 0 Å². The first-order valence-electron chi connectivity index (χ1n) is 10.3. The summed E-state index contributed by atoms with van der Waals surface area (Å²) in [7, 11) is 1.81. The molecule has 0 aliphatic carbocycles. The maximum atomic E-state index is 4.48. The summed E-state index contributed by atoms with van der Waals surface area (Å²) >= 11 is 0. The van der Waals surface area contributed by atoms with Gasteiger partial charge in [-0.1, -0.05) is 58.0 Å². The number of imidazole rings is 1. The van der Waals surface area contributed by atoms with Crippen LogP contribution >= 0.6 is 0 Å². The number of hydrogen-bond acceptors (Lipinski definition) is 3. The third-order valence-corrected chi connectivity index (χ3v) is 4.90. The maximum Gasteiger partial charge on any atom is 0.191 e. The minimum Gasteiger partial charge on any atom is -0.354 e.